The Labute approximate surface area is 242 Å². The fourth-order valence-corrected chi connectivity index (χ4v) is 5.09. The number of allylic oxidation sites excluding steroid dienone is 4. The lowest BCUT2D eigenvalue weighted by Gasteiger charge is -2.29. The van der Waals surface area contributed by atoms with E-state index in [4.69, 9.17) is 9.84 Å². The highest BCUT2D eigenvalue weighted by molar-refractivity contribution is 6.00. The number of amides is 3. The van der Waals surface area contributed by atoms with Crippen molar-refractivity contribution in [2.75, 3.05) is 31.7 Å². The Bertz CT molecular complexity index is 1260. The van der Waals surface area contributed by atoms with E-state index < -0.39 is 23.7 Å². The quantitative estimate of drug-likeness (QED) is 0.287. The van der Waals surface area contributed by atoms with Crippen LogP contribution in [0.3, 0.4) is 0 Å². The predicted octanol–water partition coefficient (Wildman–Crippen LogP) is 3.16. The summed E-state index contributed by atoms with van der Waals surface area (Å²) in [6, 6.07) is 13.0. The van der Waals surface area contributed by atoms with Crippen LogP contribution in [0.4, 0.5) is 10.5 Å². The molecule has 2 aromatic carbocycles. The summed E-state index contributed by atoms with van der Waals surface area (Å²) in [6.45, 7) is 4.25. The van der Waals surface area contributed by atoms with Crippen LogP contribution in [0.1, 0.15) is 49.3 Å². The van der Waals surface area contributed by atoms with Crippen LogP contribution < -0.4 is 25.6 Å². The number of anilines is 1. The number of hydrogen-bond donors (Lipinski definition) is 5. The van der Waals surface area contributed by atoms with Crippen LogP contribution in [-0.2, 0) is 17.8 Å². The molecule has 0 fully saturated rings. The largest absolute Gasteiger partial charge is 0.497 e. The molecule has 0 aromatic heterocycles. The molecule has 1 aliphatic carbocycles. The number of rotatable bonds is 11. The first kappa shape index (κ1) is 30.3. The third-order valence-electron chi connectivity index (χ3n) is 7.60. The Morgan fingerprint density at radius 1 is 1.17 bits per heavy atom. The number of nitrogens with zero attached hydrogens (tertiary/aromatic N) is 1. The number of benzene rings is 2. The van der Waals surface area contributed by atoms with Crippen LogP contribution in [0.2, 0.25) is 0 Å². The van der Waals surface area contributed by atoms with Gasteiger partial charge in [0, 0.05) is 30.2 Å². The van der Waals surface area contributed by atoms with Gasteiger partial charge in [-0.05, 0) is 68.0 Å². The monoisotopic (exact) mass is 562 g/mol. The van der Waals surface area contributed by atoms with Crippen LogP contribution >= 0.6 is 0 Å². The molecule has 0 saturated carbocycles. The number of aliphatic hydroxyl groups excluding tert-OH is 2. The number of carbonyl (C=O) groups excluding carboxylic acids is 2. The van der Waals surface area contributed by atoms with Crippen molar-refractivity contribution in [3.63, 3.8) is 0 Å². The minimum Gasteiger partial charge on any atom is -0.497 e. The molecule has 2 aliphatic rings. The van der Waals surface area contributed by atoms with Crippen molar-refractivity contribution in [2.45, 2.75) is 63.3 Å². The molecule has 4 rings (SSSR count). The van der Waals surface area contributed by atoms with E-state index in [0.717, 1.165) is 29.0 Å². The lowest BCUT2D eigenvalue weighted by Crippen LogP contribution is -2.55. The molecular weight excluding hydrogens is 520 g/mol. The number of urea groups is 1. The maximum atomic E-state index is 13.9. The van der Waals surface area contributed by atoms with E-state index >= 15 is 0 Å². The van der Waals surface area contributed by atoms with Crippen molar-refractivity contribution in [2.24, 2.45) is 0 Å². The van der Waals surface area contributed by atoms with E-state index in [1.165, 1.54) is 5.56 Å². The smallest absolute Gasteiger partial charge is 0.315 e. The summed E-state index contributed by atoms with van der Waals surface area (Å²) >= 11 is 0. The maximum absolute atomic E-state index is 13.9. The maximum Gasteiger partial charge on any atom is 0.315 e. The third kappa shape index (κ3) is 8.19. The van der Waals surface area contributed by atoms with Crippen molar-refractivity contribution in [3.05, 3.63) is 83.5 Å². The van der Waals surface area contributed by atoms with Crippen LogP contribution in [0.5, 0.6) is 5.75 Å². The summed E-state index contributed by atoms with van der Waals surface area (Å²) in [7, 11) is 1.62. The Hall–Kier alpha value is -3.66. The number of aliphatic hydroxyl groups is 2. The molecule has 41 heavy (non-hydrogen) atoms. The van der Waals surface area contributed by atoms with Gasteiger partial charge in [-0.15, -0.1) is 0 Å². The molecule has 220 valence electrons. The number of nitrogens with one attached hydrogen (secondary N) is 3. The lowest BCUT2D eigenvalue weighted by atomic mass is 9.92. The number of ether oxygens (including phenoxy) is 1. The molecular formula is C32H42N4O5. The van der Waals surface area contributed by atoms with Gasteiger partial charge in [0.25, 0.3) is 0 Å². The molecule has 3 atom stereocenters. The fourth-order valence-electron chi connectivity index (χ4n) is 5.09. The van der Waals surface area contributed by atoms with E-state index in [-0.39, 0.29) is 25.6 Å². The minimum atomic E-state index is -0.879. The van der Waals surface area contributed by atoms with Crippen molar-refractivity contribution in [1.82, 2.24) is 16.0 Å². The number of hydrogen-bond acceptors (Lipinski definition) is 6. The first-order valence-corrected chi connectivity index (χ1v) is 14.2. The van der Waals surface area contributed by atoms with Gasteiger partial charge in [0.1, 0.15) is 11.8 Å². The summed E-state index contributed by atoms with van der Waals surface area (Å²) in [4.78, 5) is 28.6. The van der Waals surface area contributed by atoms with Gasteiger partial charge in [0.05, 0.1) is 26.4 Å². The van der Waals surface area contributed by atoms with E-state index in [9.17, 15) is 14.7 Å². The molecule has 9 nitrogen and oxygen atoms in total. The van der Waals surface area contributed by atoms with Gasteiger partial charge in [-0.1, -0.05) is 48.6 Å². The lowest BCUT2D eigenvalue weighted by molar-refractivity contribution is -0.120. The van der Waals surface area contributed by atoms with Crippen LogP contribution in [0, 0.1) is 0 Å². The Morgan fingerprint density at radius 3 is 2.63 bits per heavy atom. The first-order valence-electron chi connectivity index (χ1n) is 14.2. The zero-order chi connectivity index (χ0) is 29.4. The summed E-state index contributed by atoms with van der Waals surface area (Å²) in [5.74, 6) is 0.909. The number of aryl methyl sites for hydroxylation is 1. The normalized spacial score (nSPS) is 19.3. The minimum absolute atomic E-state index is 0.169. The second-order valence-corrected chi connectivity index (χ2v) is 11.3. The molecule has 1 unspecified atom stereocenters. The summed E-state index contributed by atoms with van der Waals surface area (Å²) in [5.41, 5.74) is 3.52. The van der Waals surface area contributed by atoms with Gasteiger partial charge in [-0.25, -0.2) is 4.79 Å². The molecule has 3 amide bonds. The summed E-state index contributed by atoms with van der Waals surface area (Å²) in [6.07, 6.45) is 9.66. The van der Waals surface area contributed by atoms with Gasteiger partial charge in [-0.3, -0.25) is 4.79 Å². The van der Waals surface area contributed by atoms with Crippen molar-refractivity contribution in [3.8, 4) is 5.75 Å². The van der Waals surface area contributed by atoms with Crippen molar-refractivity contribution in [1.29, 1.82) is 0 Å². The van der Waals surface area contributed by atoms with Gasteiger partial charge in [-0.2, -0.15) is 0 Å². The highest BCUT2D eigenvalue weighted by atomic mass is 16.5. The van der Waals surface area contributed by atoms with E-state index in [0.29, 0.717) is 25.3 Å². The SMILES string of the molecule is COc1ccc2c(c1)CC[C@@H](NC(=O)NCC(C)(C)NC[C@H](O)CO)C(=O)N2Cc1ccc(C2C=CC=CC2)cc1. The molecule has 1 aliphatic heterocycles. The fraction of sp³-hybridized carbons (Fsp3) is 0.438. The average Bonchev–Trinajstić information content (AvgIpc) is 3.11. The van der Waals surface area contributed by atoms with E-state index in [1.54, 1.807) is 12.0 Å². The van der Waals surface area contributed by atoms with E-state index in [1.807, 2.05) is 32.0 Å². The van der Waals surface area contributed by atoms with Gasteiger partial charge in [0.15, 0.2) is 0 Å². The van der Waals surface area contributed by atoms with E-state index in [2.05, 4.69) is 64.5 Å². The van der Waals surface area contributed by atoms with Crippen molar-refractivity contribution >= 4 is 17.6 Å². The van der Waals surface area contributed by atoms with Gasteiger partial charge in [0.2, 0.25) is 5.91 Å². The summed E-state index contributed by atoms with van der Waals surface area (Å²) in [5, 5.41) is 27.5. The molecule has 5 N–H and O–H groups in total. The van der Waals surface area contributed by atoms with Gasteiger partial charge >= 0.3 is 6.03 Å². The van der Waals surface area contributed by atoms with Gasteiger partial charge < -0.3 is 35.8 Å². The zero-order valence-electron chi connectivity index (χ0n) is 24.1. The zero-order valence-corrected chi connectivity index (χ0v) is 24.1. The summed E-state index contributed by atoms with van der Waals surface area (Å²) < 4.78 is 5.44. The molecule has 0 bridgehead atoms. The Balaban J connectivity index is 1.47. The number of fused-ring (bicyclic) bond motifs is 1. The van der Waals surface area contributed by atoms with Crippen LogP contribution in [0.25, 0.3) is 0 Å². The molecule has 9 heteroatoms. The highest BCUT2D eigenvalue weighted by Gasteiger charge is 2.32. The second-order valence-electron chi connectivity index (χ2n) is 11.3. The van der Waals surface area contributed by atoms with Crippen LogP contribution in [-0.4, -0.2) is 66.6 Å². The van der Waals surface area contributed by atoms with Crippen LogP contribution in [0.15, 0.2) is 66.8 Å². The predicted molar refractivity (Wildman–Crippen MR) is 160 cm³/mol. The second kappa shape index (κ2) is 13.8. The first-order chi connectivity index (χ1) is 19.7. The number of β-amino-alcohol motifs (C(OH)–C–C–N with tert-alkyl or cyclic N) is 1. The highest BCUT2D eigenvalue weighted by Crippen LogP contribution is 2.32. The number of methoxy groups -OCH3 is 1. The topological polar surface area (TPSA) is 123 Å². The third-order valence-corrected chi connectivity index (χ3v) is 7.60. The number of carbonyl (C=O) groups is 2. The average molecular weight is 563 g/mol. The molecule has 0 saturated heterocycles. The molecule has 0 spiro atoms. The Kier molecular flexibility index (Phi) is 10.2. The van der Waals surface area contributed by atoms with Crippen molar-refractivity contribution < 1.29 is 24.5 Å². The molecule has 1 heterocycles. The Morgan fingerprint density at radius 2 is 1.95 bits per heavy atom. The molecule has 0 radical (unpaired) electrons. The standard InChI is InChI=1S/C32H42N4O5/c1-32(2,34-18-26(38)20-37)21-33-31(40)35-28-15-13-25-17-27(41-3)14-16-29(25)36(30(28)39)19-22-9-11-24(12-10-22)23-7-5-4-6-8-23/h4-7,9-12,14,16-17,23,26,28,34,37-38H,8,13,15,18-21H2,1-3H3,(H2,33,35,40)/t23?,26-,28+/m0/s1. The molecule has 2 aromatic rings.